The smallest absolute Gasteiger partial charge is 0.262 e. The van der Waals surface area contributed by atoms with Crippen LogP contribution < -0.4 is 0 Å². The van der Waals surface area contributed by atoms with E-state index in [0.29, 0.717) is 19.8 Å². The Morgan fingerprint density at radius 2 is 2.33 bits per heavy atom. The minimum Gasteiger partial charge on any atom is -0.374 e. The van der Waals surface area contributed by atoms with Crippen LogP contribution in [-0.2, 0) is 26.5 Å². The molecule has 118 valence electrons. The van der Waals surface area contributed by atoms with E-state index in [2.05, 4.69) is 4.98 Å². The Morgan fingerprint density at radius 3 is 3.00 bits per heavy atom. The van der Waals surface area contributed by atoms with Crippen molar-refractivity contribution in [3.05, 3.63) is 12.5 Å². The first-order chi connectivity index (χ1) is 10.0. The molecule has 8 heteroatoms. The van der Waals surface area contributed by atoms with Crippen molar-refractivity contribution in [2.75, 3.05) is 19.8 Å². The van der Waals surface area contributed by atoms with Crippen molar-refractivity contribution in [1.82, 2.24) is 13.9 Å². The van der Waals surface area contributed by atoms with Gasteiger partial charge < -0.3 is 14.0 Å². The highest BCUT2D eigenvalue weighted by Crippen LogP contribution is 2.34. The Balaban J connectivity index is 1.90. The van der Waals surface area contributed by atoms with E-state index in [1.807, 2.05) is 6.92 Å². The normalized spacial score (nSPS) is 30.5. The summed E-state index contributed by atoms with van der Waals surface area (Å²) in [7, 11) is -1.84. The van der Waals surface area contributed by atoms with Crippen LogP contribution in [0.3, 0.4) is 0 Å². The molecular formula is C13H21N3O4S. The molecule has 3 heterocycles. The summed E-state index contributed by atoms with van der Waals surface area (Å²) in [6.07, 6.45) is 4.34. The topological polar surface area (TPSA) is 73.7 Å². The molecule has 2 fully saturated rings. The summed E-state index contributed by atoms with van der Waals surface area (Å²) in [5.74, 6) is 0. The maximum absolute atomic E-state index is 12.8. The van der Waals surface area contributed by atoms with Gasteiger partial charge in [0, 0.05) is 33.0 Å². The van der Waals surface area contributed by atoms with E-state index in [0.717, 1.165) is 12.8 Å². The molecule has 7 nitrogen and oxygen atoms in total. The number of hydrogen-bond donors (Lipinski definition) is 0. The van der Waals surface area contributed by atoms with Crippen LogP contribution in [0.2, 0.25) is 0 Å². The number of rotatable bonds is 4. The summed E-state index contributed by atoms with van der Waals surface area (Å²) < 4.78 is 40.2. The number of ether oxygens (including phenoxy) is 2. The predicted molar refractivity (Wildman–Crippen MR) is 75.3 cm³/mol. The van der Waals surface area contributed by atoms with E-state index in [1.54, 1.807) is 11.6 Å². The van der Waals surface area contributed by atoms with Crippen LogP contribution in [0.15, 0.2) is 17.6 Å². The van der Waals surface area contributed by atoms with Crippen molar-refractivity contribution in [2.45, 2.75) is 43.0 Å². The predicted octanol–water partition coefficient (Wildman–Crippen LogP) is 0.377. The Kier molecular flexibility index (Phi) is 4.04. The molecular weight excluding hydrogens is 294 g/mol. The standard InChI is InChI=1S/C13H21N3O4S/c1-3-19-11-7-16(10-5-4-6-20-13(10)11)21(17,18)12-8-15(2)9-14-12/h8-11,13H,3-7H2,1-2H3/t10-,11-,13+/m1/s1. The third-order valence-corrected chi connectivity index (χ3v) is 5.84. The van der Waals surface area contributed by atoms with E-state index >= 15 is 0 Å². The molecule has 3 rings (SSSR count). The van der Waals surface area contributed by atoms with Crippen molar-refractivity contribution in [3.8, 4) is 0 Å². The van der Waals surface area contributed by atoms with Crippen LogP contribution >= 0.6 is 0 Å². The molecule has 0 aromatic carbocycles. The molecule has 0 amide bonds. The summed E-state index contributed by atoms with van der Waals surface area (Å²) in [6, 6.07) is -0.151. The zero-order valence-corrected chi connectivity index (χ0v) is 13.1. The lowest BCUT2D eigenvalue weighted by atomic mass is 10.0. The molecule has 2 aliphatic rings. The van der Waals surface area contributed by atoms with E-state index in [4.69, 9.17) is 9.47 Å². The minimum absolute atomic E-state index is 0.0893. The van der Waals surface area contributed by atoms with E-state index in [9.17, 15) is 8.42 Å². The zero-order valence-electron chi connectivity index (χ0n) is 12.3. The van der Waals surface area contributed by atoms with Gasteiger partial charge in [-0.2, -0.15) is 4.31 Å². The monoisotopic (exact) mass is 315 g/mol. The summed E-state index contributed by atoms with van der Waals surface area (Å²) in [4.78, 5) is 3.99. The Morgan fingerprint density at radius 1 is 1.52 bits per heavy atom. The van der Waals surface area contributed by atoms with Crippen molar-refractivity contribution in [1.29, 1.82) is 0 Å². The number of nitrogens with zero attached hydrogens (tertiary/aromatic N) is 3. The van der Waals surface area contributed by atoms with E-state index in [-0.39, 0.29) is 23.3 Å². The van der Waals surface area contributed by atoms with Gasteiger partial charge in [0.2, 0.25) is 0 Å². The first-order valence-corrected chi connectivity index (χ1v) is 8.71. The van der Waals surface area contributed by atoms with Gasteiger partial charge in [0.25, 0.3) is 10.0 Å². The summed E-state index contributed by atoms with van der Waals surface area (Å²) in [5, 5.41) is 0.0893. The van der Waals surface area contributed by atoms with E-state index in [1.165, 1.54) is 16.8 Å². The molecule has 0 aliphatic carbocycles. The second-order valence-corrected chi connectivity index (χ2v) is 7.33. The van der Waals surface area contributed by atoms with Crippen LogP contribution in [-0.4, -0.2) is 60.3 Å². The summed E-state index contributed by atoms with van der Waals surface area (Å²) in [5.41, 5.74) is 0. The third-order valence-electron chi connectivity index (χ3n) is 4.06. The second kappa shape index (κ2) is 5.68. The maximum atomic E-state index is 12.8. The van der Waals surface area contributed by atoms with Gasteiger partial charge in [-0.25, -0.2) is 13.4 Å². The zero-order chi connectivity index (χ0) is 15.0. The highest BCUT2D eigenvalue weighted by molar-refractivity contribution is 7.89. The van der Waals surface area contributed by atoms with Gasteiger partial charge >= 0.3 is 0 Å². The average Bonchev–Trinajstić information content (AvgIpc) is 3.05. The molecule has 3 atom stereocenters. The van der Waals surface area contributed by atoms with Gasteiger partial charge in [-0.05, 0) is 19.8 Å². The number of sulfonamides is 1. The fourth-order valence-electron chi connectivity index (χ4n) is 3.15. The Labute approximate surface area is 124 Å². The van der Waals surface area contributed by atoms with Crippen molar-refractivity contribution in [2.24, 2.45) is 7.05 Å². The van der Waals surface area contributed by atoms with Gasteiger partial charge in [0.1, 0.15) is 6.10 Å². The average molecular weight is 315 g/mol. The third kappa shape index (κ3) is 2.61. The fraction of sp³-hybridized carbons (Fsp3) is 0.769. The van der Waals surface area contributed by atoms with Gasteiger partial charge in [0.15, 0.2) is 5.03 Å². The van der Waals surface area contributed by atoms with Crippen molar-refractivity contribution in [3.63, 3.8) is 0 Å². The van der Waals surface area contributed by atoms with Gasteiger partial charge in [-0.15, -0.1) is 0 Å². The fourth-order valence-corrected chi connectivity index (χ4v) is 4.79. The van der Waals surface area contributed by atoms with Crippen LogP contribution in [0, 0.1) is 0 Å². The number of aromatic nitrogens is 2. The molecule has 0 bridgehead atoms. The van der Waals surface area contributed by atoms with Gasteiger partial charge in [-0.1, -0.05) is 0 Å². The van der Waals surface area contributed by atoms with Crippen LogP contribution in [0.1, 0.15) is 19.8 Å². The lowest BCUT2D eigenvalue weighted by Crippen LogP contribution is -2.43. The summed E-state index contributed by atoms with van der Waals surface area (Å²) >= 11 is 0. The minimum atomic E-state index is -3.60. The van der Waals surface area contributed by atoms with Crippen LogP contribution in [0.25, 0.3) is 0 Å². The Bertz CT molecular complexity index is 600. The first kappa shape index (κ1) is 15.0. The quantitative estimate of drug-likeness (QED) is 0.803. The molecule has 2 saturated heterocycles. The molecule has 0 radical (unpaired) electrons. The largest absolute Gasteiger partial charge is 0.374 e. The molecule has 0 spiro atoms. The SMILES string of the molecule is CCO[C@@H]1CN(S(=O)(=O)c2cn(C)cn2)[C@@H]2CCCO[C@@H]21. The molecule has 2 aliphatic heterocycles. The molecule has 1 aromatic heterocycles. The van der Waals surface area contributed by atoms with Crippen molar-refractivity contribution < 1.29 is 17.9 Å². The molecule has 21 heavy (non-hydrogen) atoms. The van der Waals surface area contributed by atoms with Gasteiger partial charge in [-0.3, -0.25) is 0 Å². The Hall–Kier alpha value is -0.960. The lowest BCUT2D eigenvalue weighted by molar-refractivity contribution is -0.0727. The highest BCUT2D eigenvalue weighted by atomic mass is 32.2. The maximum Gasteiger partial charge on any atom is 0.262 e. The van der Waals surface area contributed by atoms with Crippen LogP contribution in [0.4, 0.5) is 0 Å². The number of hydrogen-bond acceptors (Lipinski definition) is 5. The number of imidazole rings is 1. The molecule has 0 unspecified atom stereocenters. The first-order valence-electron chi connectivity index (χ1n) is 7.27. The van der Waals surface area contributed by atoms with Gasteiger partial charge in [0.05, 0.1) is 18.5 Å². The summed E-state index contributed by atoms with van der Waals surface area (Å²) in [6.45, 7) is 3.47. The van der Waals surface area contributed by atoms with E-state index < -0.39 is 10.0 Å². The lowest BCUT2D eigenvalue weighted by Gasteiger charge is -2.31. The number of aryl methyl sites for hydroxylation is 1. The number of fused-ring (bicyclic) bond motifs is 1. The highest BCUT2D eigenvalue weighted by Gasteiger charge is 2.50. The van der Waals surface area contributed by atoms with Crippen molar-refractivity contribution >= 4 is 10.0 Å². The molecule has 0 N–H and O–H groups in total. The second-order valence-electron chi connectivity index (χ2n) is 5.49. The van der Waals surface area contributed by atoms with Crippen LogP contribution in [0.5, 0.6) is 0 Å². The molecule has 1 aromatic rings. The molecule has 0 saturated carbocycles.